The summed E-state index contributed by atoms with van der Waals surface area (Å²) in [6.07, 6.45) is 1.32. The van der Waals surface area contributed by atoms with E-state index in [-0.39, 0.29) is 12.0 Å². The summed E-state index contributed by atoms with van der Waals surface area (Å²) in [5.41, 5.74) is 2.51. The van der Waals surface area contributed by atoms with Crippen LogP contribution in [-0.2, 0) is 16.0 Å². The minimum absolute atomic E-state index is 0.0806. The third-order valence-corrected chi connectivity index (χ3v) is 4.36. The van der Waals surface area contributed by atoms with Crippen molar-refractivity contribution < 1.29 is 9.53 Å². The number of nitrogens with zero attached hydrogens (tertiary/aromatic N) is 1. The van der Waals surface area contributed by atoms with E-state index in [0.29, 0.717) is 25.1 Å². The molecule has 2 heterocycles. The summed E-state index contributed by atoms with van der Waals surface area (Å²) < 4.78 is 5.86. The lowest BCUT2D eigenvalue weighted by Crippen LogP contribution is -2.56. The number of hydrogen-bond donors (Lipinski definition) is 1. The first-order valence-corrected chi connectivity index (χ1v) is 7.86. The maximum Gasteiger partial charge on any atom is 0.225 e. The molecule has 2 aliphatic heterocycles. The lowest BCUT2D eigenvalue weighted by molar-refractivity contribution is -0.136. The second-order valence-electron chi connectivity index (χ2n) is 6.28. The highest BCUT2D eigenvalue weighted by molar-refractivity contribution is 5.77. The molecule has 0 saturated carbocycles. The van der Waals surface area contributed by atoms with Crippen LogP contribution >= 0.6 is 0 Å². The molecule has 1 aromatic rings. The van der Waals surface area contributed by atoms with Crippen LogP contribution in [0.1, 0.15) is 37.5 Å². The smallest absolute Gasteiger partial charge is 0.225 e. The summed E-state index contributed by atoms with van der Waals surface area (Å²) in [6.45, 7) is 6.54. The van der Waals surface area contributed by atoms with Gasteiger partial charge in [-0.1, -0.05) is 24.3 Å². The molecule has 3 atom stereocenters. The van der Waals surface area contributed by atoms with Gasteiger partial charge in [-0.3, -0.25) is 4.79 Å². The van der Waals surface area contributed by atoms with Gasteiger partial charge in [0.25, 0.3) is 0 Å². The quantitative estimate of drug-likeness (QED) is 0.904. The fraction of sp³-hybridized carbons (Fsp3) is 0.588. The van der Waals surface area contributed by atoms with Crippen molar-refractivity contribution in [3.63, 3.8) is 0 Å². The van der Waals surface area contributed by atoms with Gasteiger partial charge in [0.05, 0.1) is 19.1 Å². The van der Waals surface area contributed by atoms with Gasteiger partial charge in [0.2, 0.25) is 5.91 Å². The van der Waals surface area contributed by atoms with Crippen LogP contribution in [0.15, 0.2) is 24.3 Å². The molecule has 0 bridgehead atoms. The number of benzene rings is 1. The predicted molar refractivity (Wildman–Crippen MR) is 82.1 cm³/mol. The van der Waals surface area contributed by atoms with Gasteiger partial charge in [0, 0.05) is 25.2 Å². The minimum Gasteiger partial charge on any atom is -0.373 e. The molecule has 21 heavy (non-hydrogen) atoms. The Hall–Kier alpha value is -1.39. The first kappa shape index (κ1) is 14.5. The summed E-state index contributed by atoms with van der Waals surface area (Å²) in [6, 6.07) is 9.04. The Balaban J connectivity index is 1.68. The molecule has 1 saturated heterocycles. The number of fused-ring (bicyclic) bond motifs is 1. The van der Waals surface area contributed by atoms with Crippen molar-refractivity contribution in [2.24, 2.45) is 0 Å². The van der Waals surface area contributed by atoms with Crippen molar-refractivity contribution in [3.05, 3.63) is 35.4 Å². The molecule has 114 valence electrons. The maximum atomic E-state index is 12.6. The Bertz CT molecular complexity index is 507. The number of carbonyl (C=O) groups excluding carboxylic acids is 1. The number of amides is 1. The summed E-state index contributed by atoms with van der Waals surface area (Å²) in [5, 5.41) is 3.46. The standard InChI is InChI=1S/C17H24N2O2/c1-12-10-19(11-13(2)18-12)17(20)9-16-15-6-4-3-5-14(15)7-8-21-16/h3-6,12-13,16,18H,7-11H2,1-2H3. The van der Waals surface area contributed by atoms with Crippen molar-refractivity contribution in [1.82, 2.24) is 10.2 Å². The van der Waals surface area contributed by atoms with Crippen LogP contribution in [-0.4, -0.2) is 42.6 Å². The third kappa shape index (κ3) is 3.27. The lowest BCUT2D eigenvalue weighted by Gasteiger charge is -2.37. The largest absolute Gasteiger partial charge is 0.373 e. The van der Waals surface area contributed by atoms with Crippen LogP contribution in [0.2, 0.25) is 0 Å². The second kappa shape index (κ2) is 6.16. The zero-order valence-corrected chi connectivity index (χ0v) is 12.8. The van der Waals surface area contributed by atoms with Crippen molar-refractivity contribution in [2.45, 2.75) is 44.9 Å². The van der Waals surface area contributed by atoms with Crippen molar-refractivity contribution in [3.8, 4) is 0 Å². The molecule has 1 amide bonds. The minimum atomic E-state index is -0.0806. The van der Waals surface area contributed by atoms with Gasteiger partial charge in [-0.05, 0) is 31.4 Å². The molecule has 4 nitrogen and oxygen atoms in total. The van der Waals surface area contributed by atoms with E-state index in [1.54, 1.807) is 0 Å². The predicted octanol–water partition coefficient (Wildman–Crippen LogP) is 1.90. The molecule has 0 radical (unpaired) electrons. The first-order chi connectivity index (χ1) is 10.1. The number of piperazine rings is 1. The van der Waals surface area contributed by atoms with E-state index in [9.17, 15) is 4.79 Å². The zero-order valence-electron chi connectivity index (χ0n) is 12.8. The van der Waals surface area contributed by atoms with Crippen LogP contribution in [0.4, 0.5) is 0 Å². The van der Waals surface area contributed by atoms with Crippen LogP contribution in [0.3, 0.4) is 0 Å². The second-order valence-corrected chi connectivity index (χ2v) is 6.28. The van der Waals surface area contributed by atoms with Crippen LogP contribution in [0, 0.1) is 0 Å². The number of rotatable bonds is 2. The van der Waals surface area contributed by atoms with Crippen LogP contribution in [0.5, 0.6) is 0 Å². The highest BCUT2D eigenvalue weighted by Crippen LogP contribution is 2.30. The molecule has 1 aromatic carbocycles. The fourth-order valence-corrected chi connectivity index (χ4v) is 3.46. The van der Waals surface area contributed by atoms with E-state index < -0.39 is 0 Å². The molecule has 3 rings (SSSR count). The number of hydrogen-bond acceptors (Lipinski definition) is 3. The Labute approximate surface area is 126 Å². The maximum absolute atomic E-state index is 12.6. The van der Waals surface area contributed by atoms with Gasteiger partial charge < -0.3 is 15.0 Å². The van der Waals surface area contributed by atoms with Crippen LogP contribution in [0.25, 0.3) is 0 Å². The average Bonchev–Trinajstić information content (AvgIpc) is 2.46. The normalized spacial score (nSPS) is 29.0. The number of carbonyl (C=O) groups is 1. The summed E-state index contributed by atoms with van der Waals surface area (Å²) >= 11 is 0. The Kier molecular flexibility index (Phi) is 4.27. The van der Waals surface area contributed by atoms with Crippen LogP contribution < -0.4 is 5.32 Å². The zero-order chi connectivity index (χ0) is 14.8. The summed E-state index contributed by atoms with van der Waals surface area (Å²) in [5.74, 6) is 0.205. The lowest BCUT2D eigenvalue weighted by atomic mass is 9.95. The van der Waals surface area contributed by atoms with E-state index in [4.69, 9.17) is 4.74 Å². The fourth-order valence-electron chi connectivity index (χ4n) is 3.46. The van der Waals surface area contributed by atoms with Crippen molar-refractivity contribution in [1.29, 1.82) is 0 Å². The van der Waals surface area contributed by atoms with Crippen molar-refractivity contribution in [2.75, 3.05) is 19.7 Å². The Morgan fingerprint density at radius 2 is 2.00 bits per heavy atom. The van der Waals surface area contributed by atoms with E-state index in [1.807, 2.05) is 11.0 Å². The highest BCUT2D eigenvalue weighted by atomic mass is 16.5. The van der Waals surface area contributed by atoms with E-state index >= 15 is 0 Å². The molecular weight excluding hydrogens is 264 g/mol. The van der Waals surface area contributed by atoms with Gasteiger partial charge >= 0.3 is 0 Å². The molecule has 0 aliphatic carbocycles. The average molecular weight is 288 g/mol. The molecule has 1 fully saturated rings. The molecular formula is C17H24N2O2. The molecule has 3 unspecified atom stereocenters. The molecule has 4 heteroatoms. The number of ether oxygens (including phenoxy) is 1. The van der Waals surface area contributed by atoms with E-state index in [2.05, 4.69) is 37.4 Å². The van der Waals surface area contributed by atoms with Gasteiger partial charge in [-0.25, -0.2) is 0 Å². The summed E-state index contributed by atoms with van der Waals surface area (Å²) in [7, 11) is 0. The molecule has 0 aromatic heterocycles. The van der Waals surface area contributed by atoms with E-state index in [1.165, 1.54) is 11.1 Å². The van der Waals surface area contributed by atoms with Gasteiger partial charge in [0.1, 0.15) is 0 Å². The monoisotopic (exact) mass is 288 g/mol. The molecule has 0 spiro atoms. The van der Waals surface area contributed by atoms with Gasteiger partial charge in [-0.2, -0.15) is 0 Å². The van der Waals surface area contributed by atoms with E-state index in [0.717, 1.165) is 19.5 Å². The Morgan fingerprint density at radius 3 is 2.76 bits per heavy atom. The third-order valence-electron chi connectivity index (χ3n) is 4.36. The highest BCUT2D eigenvalue weighted by Gasteiger charge is 2.29. The molecule has 1 N–H and O–H groups in total. The number of nitrogens with one attached hydrogen (secondary N) is 1. The molecule has 2 aliphatic rings. The van der Waals surface area contributed by atoms with Crippen molar-refractivity contribution >= 4 is 5.91 Å². The van der Waals surface area contributed by atoms with Gasteiger partial charge in [0.15, 0.2) is 0 Å². The SMILES string of the molecule is CC1CN(C(=O)CC2OCCc3ccccc32)CC(C)N1. The topological polar surface area (TPSA) is 41.6 Å². The van der Waals surface area contributed by atoms with Gasteiger partial charge in [-0.15, -0.1) is 0 Å². The Morgan fingerprint density at radius 1 is 1.29 bits per heavy atom. The summed E-state index contributed by atoms with van der Waals surface area (Å²) in [4.78, 5) is 14.6. The first-order valence-electron chi connectivity index (χ1n) is 7.86.